The molecule has 1 heterocycles. The van der Waals surface area contributed by atoms with Gasteiger partial charge in [0.15, 0.2) is 5.11 Å². The van der Waals surface area contributed by atoms with E-state index in [-0.39, 0.29) is 5.56 Å². The van der Waals surface area contributed by atoms with Crippen molar-refractivity contribution < 1.29 is 4.74 Å². The van der Waals surface area contributed by atoms with Gasteiger partial charge in [-0.1, -0.05) is 31.5 Å². The summed E-state index contributed by atoms with van der Waals surface area (Å²) < 4.78 is 5.63. The Kier molecular flexibility index (Phi) is 8.86. The minimum atomic E-state index is -0.0994. The van der Waals surface area contributed by atoms with E-state index in [0.29, 0.717) is 23.8 Å². The number of fused-ring (bicyclic) bond motifs is 1. The third-order valence-corrected chi connectivity index (χ3v) is 6.10. The Balaban J connectivity index is 1.86. The molecular formula is C26H34N4O2S. The Labute approximate surface area is 201 Å². The van der Waals surface area contributed by atoms with Gasteiger partial charge in [0, 0.05) is 35.2 Å². The lowest BCUT2D eigenvalue weighted by molar-refractivity contribution is 0.266. The molecule has 0 fully saturated rings. The molecule has 0 aliphatic heterocycles. The van der Waals surface area contributed by atoms with E-state index in [4.69, 9.17) is 17.0 Å². The monoisotopic (exact) mass is 466 g/mol. The van der Waals surface area contributed by atoms with E-state index >= 15 is 0 Å². The third-order valence-electron chi connectivity index (χ3n) is 5.74. The predicted octanol–water partition coefficient (Wildman–Crippen LogP) is 4.78. The molecule has 0 aliphatic carbocycles. The minimum Gasteiger partial charge on any atom is -0.494 e. The van der Waals surface area contributed by atoms with Crippen LogP contribution in [0.15, 0.2) is 53.3 Å². The summed E-state index contributed by atoms with van der Waals surface area (Å²) in [5.74, 6) is 0.790. The molecule has 0 saturated heterocycles. The maximum absolute atomic E-state index is 12.9. The van der Waals surface area contributed by atoms with E-state index in [2.05, 4.69) is 53.0 Å². The number of benzene rings is 2. The number of ether oxygens (including phenoxy) is 1. The van der Waals surface area contributed by atoms with Gasteiger partial charge in [0.1, 0.15) is 5.75 Å². The fourth-order valence-corrected chi connectivity index (χ4v) is 3.98. The van der Waals surface area contributed by atoms with Gasteiger partial charge in [-0.05, 0) is 75.6 Å². The molecular weight excluding hydrogens is 432 g/mol. The first kappa shape index (κ1) is 24.7. The summed E-state index contributed by atoms with van der Waals surface area (Å²) in [5, 5.41) is 4.88. The second-order valence-corrected chi connectivity index (χ2v) is 8.44. The Morgan fingerprint density at radius 2 is 1.76 bits per heavy atom. The van der Waals surface area contributed by atoms with Crippen LogP contribution in [0, 0.1) is 6.92 Å². The van der Waals surface area contributed by atoms with Crippen molar-refractivity contribution in [1.29, 1.82) is 0 Å². The predicted molar refractivity (Wildman–Crippen MR) is 141 cm³/mol. The van der Waals surface area contributed by atoms with E-state index in [1.807, 2.05) is 43.3 Å². The van der Waals surface area contributed by atoms with Crippen LogP contribution >= 0.6 is 12.2 Å². The molecule has 3 rings (SSSR count). The number of aromatic nitrogens is 1. The summed E-state index contributed by atoms with van der Waals surface area (Å²) in [7, 11) is 0. The maximum atomic E-state index is 12.9. The Hall–Kier alpha value is -2.90. The van der Waals surface area contributed by atoms with Crippen LogP contribution in [0.4, 0.5) is 5.69 Å². The number of hydrogen-bond acceptors (Lipinski definition) is 4. The van der Waals surface area contributed by atoms with Crippen molar-refractivity contribution in [2.75, 3.05) is 38.1 Å². The molecule has 0 bridgehead atoms. The molecule has 0 saturated carbocycles. The number of nitrogens with one attached hydrogen (secondary N) is 2. The van der Waals surface area contributed by atoms with Gasteiger partial charge in [0.05, 0.1) is 13.2 Å². The van der Waals surface area contributed by atoms with Crippen LogP contribution in [0.3, 0.4) is 0 Å². The van der Waals surface area contributed by atoms with Crippen molar-refractivity contribution in [3.63, 3.8) is 0 Å². The first-order valence-corrected chi connectivity index (χ1v) is 12.0. The Bertz CT molecular complexity index is 1120. The van der Waals surface area contributed by atoms with E-state index in [9.17, 15) is 4.79 Å². The number of hydrogen-bond donors (Lipinski definition) is 2. The van der Waals surface area contributed by atoms with Gasteiger partial charge < -0.3 is 24.8 Å². The molecule has 6 nitrogen and oxygen atoms in total. The smallest absolute Gasteiger partial charge is 0.253 e. The summed E-state index contributed by atoms with van der Waals surface area (Å²) in [4.78, 5) is 20.3. The standard InChI is InChI=1S/C26H34N4O2S/c1-5-29(6-2)14-15-30(26(33)27-22-10-8-19(4)9-11-22)18-21-16-20-17-23(32-7-3)12-13-24(20)28-25(21)31/h8-13,16-17H,5-7,14-15,18H2,1-4H3,(H,27,33)(H,28,31). The number of likely N-dealkylation sites (N-methyl/N-ethyl adjacent to an activating group) is 1. The maximum Gasteiger partial charge on any atom is 0.253 e. The molecule has 0 aliphatic rings. The van der Waals surface area contributed by atoms with Gasteiger partial charge in [0.25, 0.3) is 5.56 Å². The zero-order valence-electron chi connectivity index (χ0n) is 20.0. The molecule has 1 aromatic heterocycles. The first-order valence-electron chi connectivity index (χ1n) is 11.6. The van der Waals surface area contributed by atoms with Crippen LogP contribution in [-0.2, 0) is 6.54 Å². The fraction of sp³-hybridized carbons (Fsp3) is 0.385. The summed E-state index contributed by atoms with van der Waals surface area (Å²) in [6.45, 7) is 12.9. The molecule has 0 atom stereocenters. The highest BCUT2D eigenvalue weighted by Crippen LogP contribution is 2.20. The summed E-state index contributed by atoms with van der Waals surface area (Å²) in [5.41, 5.74) is 3.50. The zero-order chi connectivity index (χ0) is 23.8. The van der Waals surface area contributed by atoms with Gasteiger partial charge in [-0.3, -0.25) is 4.79 Å². The summed E-state index contributed by atoms with van der Waals surface area (Å²) in [6, 6.07) is 15.8. The number of H-pyrrole nitrogens is 1. The highest BCUT2D eigenvalue weighted by atomic mass is 32.1. The van der Waals surface area contributed by atoms with Crippen molar-refractivity contribution in [3.8, 4) is 5.75 Å². The topological polar surface area (TPSA) is 60.6 Å². The number of aromatic amines is 1. The van der Waals surface area contributed by atoms with Gasteiger partial charge in [-0.25, -0.2) is 0 Å². The van der Waals surface area contributed by atoms with Crippen molar-refractivity contribution in [1.82, 2.24) is 14.8 Å². The molecule has 0 unspecified atom stereocenters. The molecule has 3 aromatic rings. The van der Waals surface area contributed by atoms with Gasteiger partial charge in [0.2, 0.25) is 0 Å². The molecule has 176 valence electrons. The molecule has 0 spiro atoms. The quantitative estimate of drug-likeness (QED) is 0.420. The van der Waals surface area contributed by atoms with E-state index < -0.39 is 0 Å². The Morgan fingerprint density at radius 3 is 2.42 bits per heavy atom. The lowest BCUT2D eigenvalue weighted by Gasteiger charge is -2.29. The number of nitrogens with zero attached hydrogens (tertiary/aromatic N) is 2. The van der Waals surface area contributed by atoms with Crippen LogP contribution in [0.1, 0.15) is 31.9 Å². The SMILES string of the molecule is CCOc1ccc2[nH]c(=O)c(CN(CCN(CC)CC)C(=S)Nc3ccc(C)cc3)cc2c1. The summed E-state index contributed by atoms with van der Waals surface area (Å²) in [6.07, 6.45) is 0. The number of rotatable bonds is 10. The number of thiocarbonyl (C=S) groups is 1. The molecule has 2 N–H and O–H groups in total. The second-order valence-electron chi connectivity index (χ2n) is 8.05. The summed E-state index contributed by atoms with van der Waals surface area (Å²) >= 11 is 5.77. The second kappa shape index (κ2) is 11.8. The van der Waals surface area contributed by atoms with Crippen molar-refractivity contribution in [3.05, 3.63) is 70.0 Å². The normalized spacial score (nSPS) is 11.1. The fourth-order valence-electron chi connectivity index (χ4n) is 3.70. The zero-order valence-corrected chi connectivity index (χ0v) is 20.8. The van der Waals surface area contributed by atoms with Crippen molar-refractivity contribution >= 4 is 33.9 Å². The number of anilines is 1. The van der Waals surface area contributed by atoms with Crippen LogP contribution in [0.25, 0.3) is 10.9 Å². The highest BCUT2D eigenvalue weighted by molar-refractivity contribution is 7.80. The van der Waals surface area contributed by atoms with E-state index in [0.717, 1.165) is 48.5 Å². The van der Waals surface area contributed by atoms with Crippen molar-refractivity contribution in [2.24, 2.45) is 0 Å². The Morgan fingerprint density at radius 1 is 1.03 bits per heavy atom. The van der Waals surface area contributed by atoms with Crippen LogP contribution in [0.5, 0.6) is 5.75 Å². The van der Waals surface area contributed by atoms with Gasteiger partial charge in [-0.15, -0.1) is 0 Å². The minimum absolute atomic E-state index is 0.0994. The highest BCUT2D eigenvalue weighted by Gasteiger charge is 2.15. The molecule has 2 aromatic carbocycles. The van der Waals surface area contributed by atoms with Crippen LogP contribution in [0.2, 0.25) is 0 Å². The molecule has 7 heteroatoms. The third kappa shape index (κ3) is 6.79. The lowest BCUT2D eigenvalue weighted by atomic mass is 10.1. The lowest BCUT2D eigenvalue weighted by Crippen LogP contribution is -2.41. The van der Waals surface area contributed by atoms with Crippen LogP contribution in [-0.4, -0.2) is 52.7 Å². The number of aryl methyl sites for hydroxylation is 1. The largest absolute Gasteiger partial charge is 0.494 e. The molecule has 0 radical (unpaired) electrons. The van der Waals surface area contributed by atoms with Gasteiger partial charge in [-0.2, -0.15) is 0 Å². The number of pyridine rings is 1. The van der Waals surface area contributed by atoms with Gasteiger partial charge >= 0.3 is 0 Å². The van der Waals surface area contributed by atoms with E-state index in [1.54, 1.807) is 0 Å². The molecule has 0 amide bonds. The van der Waals surface area contributed by atoms with Crippen molar-refractivity contribution in [2.45, 2.75) is 34.2 Å². The molecule has 33 heavy (non-hydrogen) atoms. The van der Waals surface area contributed by atoms with E-state index in [1.165, 1.54) is 5.56 Å². The average Bonchev–Trinajstić information content (AvgIpc) is 2.81. The average molecular weight is 467 g/mol. The first-order chi connectivity index (χ1) is 15.9. The van der Waals surface area contributed by atoms with Crippen LogP contribution < -0.4 is 15.6 Å².